The molecule has 2 aromatic heterocycles. The number of hydrogen-bond acceptors (Lipinski definition) is 6. The number of nitrogens with zero attached hydrogens (tertiary/aromatic N) is 4. The second-order valence-corrected chi connectivity index (χ2v) is 11.9. The van der Waals surface area contributed by atoms with Crippen molar-refractivity contribution in [2.45, 2.75) is 49.1 Å². The summed E-state index contributed by atoms with van der Waals surface area (Å²) in [5, 5.41) is 9.75. The lowest BCUT2D eigenvalue weighted by atomic mass is 9.62. The number of hydrogen-bond donors (Lipinski definition) is 0. The molecule has 5 aromatic rings. The van der Waals surface area contributed by atoms with E-state index in [1.165, 1.54) is 23.7 Å². The third-order valence-corrected chi connectivity index (χ3v) is 9.52. The number of thioether (sulfide) groups is 1. The molecule has 0 saturated heterocycles. The van der Waals surface area contributed by atoms with E-state index in [1.807, 2.05) is 65.1 Å². The van der Waals surface area contributed by atoms with Crippen molar-refractivity contribution in [1.29, 1.82) is 0 Å². The molecule has 0 radical (unpaired) electrons. The predicted molar refractivity (Wildman–Crippen MR) is 161 cm³/mol. The molecule has 0 amide bonds. The average molecular weight is 563 g/mol. The Bertz CT molecular complexity index is 1820. The molecular formula is C33H30N4O3S. The molecule has 3 aromatic carbocycles. The first-order valence-electron chi connectivity index (χ1n) is 14.1. The van der Waals surface area contributed by atoms with Crippen LogP contribution in [0.3, 0.4) is 0 Å². The molecule has 1 fully saturated rings. The van der Waals surface area contributed by atoms with Gasteiger partial charge in [0.25, 0.3) is 5.56 Å². The molecule has 7 rings (SSSR count). The van der Waals surface area contributed by atoms with Gasteiger partial charge in [0.2, 0.25) is 5.78 Å². The quantitative estimate of drug-likeness (QED) is 0.179. The molecule has 0 unspecified atom stereocenters. The lowest BCUT2D eigenvalue weighted by Crippen LogP contribution is -2.43. The molecule has 1 spiro atoms. The highest BCUT2D eigenvalue weighted by Crippen LogP contribution is 2.49. The maximum absolute atomic E-state index is 14.7. The molecule has 0 atom stereocenters. The largest absolute Gasteiger partial charge is 0.497 e. The zero-order valence-corrected chi connectivity index (χ0v) is 23.7. The summed E-state index contributed by atoms with van der Waals surface area (Å²) in [7, 11) is 1.63. The van der Waals surface area contributed by atoms with Crippen molar-refractivity contribution in [1.82, 2.24) is 19.2 Å². The molecule has 2 heterocycles. The van der Waals surface area contributed by atoms with E-state index in [0.29, 0.717) is 27.9 Å². The first kappa shape index (κ1) is 25.8. The lowest BCUT2D eigenvalue weighted by Gasteiger charge is -2.42. The molecule has 0 N–H and O–H groups in total. The molecule has 41 heavy (non-hydrogen) atoms. The van der Waals surface area contributed by atoms with Crippen LogP contribution in [0.15, 0.2) is 88.8 Å². The molecule has 8 heteroatoms. The zero-order chi connectivity index (χ0) is 28.0. The Morgan fingerprint density at radius 2 is 1.66 bits per heavy atom. The summed E-state index contributed by atoms with van der Waals surface area (Å²) in [4.78, 5) is 27.8. The van der Waals surface area contributed by atoms with Crippen LogP contribution in [0.4, 0.5) is 0 Å². The highest BCUT2D eigenvalue weighted by Gasteiger charge is 2.44. The van der Waals surface area contributed by atoms with E-state index in [2.05, 4.69) is 28.4 Å². The Hall–Kier alpha value is -4.17. The summed E-state index contributed by atoms with van der Waals surface area (Å²) in [6, 6.07) is 25.2. The predicted octanol–water partition coefficient (Wildman–Crippen LogP) is 6.29. The second-order valence-electron chi connectivity index (χ2n) is 10.9. The summed E-state index contributed by atoms with van der Waals surface area (Å²) in [5.41, 5.74) is 5.07. The first-order valence-corrected chi connectivity index (χ1v) is 15.1. The monoisotopic (exact) mass is 562 g/mol. The van der Waals surface area contributed by atoms with Gasteiger partial charge in [-0.2, -0.15) is 0 Å². The van der Waals surface area contributed by atoms with Gasteiger partial charge in [0.05, 0.1) is 24.2 Å². The number of methoxy groups -OCH3 is 1. The standard InChI is InChI=1S/C33H30N4O3S/c1-40-25-16-14-24(15-17-25)36-30(39)28-29(26-13-7-6-12-23(26)20-33(28)18-8-3-9-19-33)37-31(36)34-35-32(37)41-21-27(38)22-10-4-2-5-11-22/h2,4-7,10-17H,3,8-9,18-21H2,1H3. The van der Waals surface area contributed by atoms with Crippen molar-refractivity contribution >= 4 is 23.3 Å². The van der Waals surface area contributed by atoms with Crippen molar-refractivity contribution in [2.24, 2.45) is 0 Å². The summed E-state index contributed by atoms with van der Waals surface area (Å²) in [6.07, 6.45) is 6.15. The van der Waals surface area contributed by atoms with Crippen molar-refractivity contribution in [3.8, 4) is 22.7 Å². The number of aromatic nitrogens is 4. The maximum Gasteiger partial charge on any atom is 0.263 e. The van der Waals surface area contributed by atoms with Crippen LogP contribution >= 0.6 is 11.8 Å². The molecule has 2 aliphatic rings. The number of fused-ring (bicyclic) bond motifs is 6. The van der Waals surface area contributed by atoms with Crippen molar-refractivity contribution in [3.05, 3.63) is 106 Å². The van der Waals surface area contributed by atoms with Crippen LogP contribution in [0.2, 0.25) is 0 Å². The van der Waals surface area contributed by atoms with E-state index in [-0.39, 0.29) is 22.5 Å². The third kappa shape index (κ3) is 4.28. The Kier molecular flexibility index (Phi) is 6.50. The summed E-state index contributed by atoms with van der Waals surface area (Å²) in [5.74, 6) is 1.39. The van der Waals surface area contributed by atoms with Crippen LogP contribution in [0.5, 0.6) is 5.75 Å². The normalized spacial score (nSPS) is 15.4. The fourth-order valence-electron chi connectivity index (χ4n) is 6.66. The van der Waals surface area contributed by atoms with Crippen LogP contribution in [0, 0.1) is 0 Å². The van der Waals surface area contributed by atoms with E-state index in [9.17, 15) is 9.59 Å². The highest BCUT2D eigenvalue weighted by molar-refractivity contribution is 7.99. The van der Waals surface area contributed by atoms with Crippen LogP contribution < -0.4 is 10.3 Å². The Labute approximate surface area is 242 Å². The van der Waals surface area contributed by atoms with Gasteiger partial charge >= 0.3 is 0 Å². The topological polar surface area (TPSA) is 78.5 Å². The van der Waals surface area contributed by atoms with Crippen LogP contribution in [0.1, 0.15) is 53.6 Å². The zero-order valence-electron chi connectivity index (χ0n) is 22.9. The second kappa shape index (κ2) is 10.3. The van der Waals surface area contributed by atoms with Gasteiger partial charge in [0.1, 0.15) is 5.75 Å². The fourth-order valence-corrected chi connectivity index (χ4v) is 7.49. The van der Waals surface area contributed by atoms with Crippen LogP contribution in [-0.4, -0.2) is 37.8 Å². The third-order valence-electron chi connectivity index (χ3n) is 8.59. The van der Waals surface area contributed by atoms with Gasteiger partial charge in [-0.05, 0) is 49.1 Å². The molecule has 0 bridgehead atoms. The van der Waals surface area contributed by atoms with Crippen molar-refractivity contribution in [2.75, 3.05) is 12.9 Å². The van der Waals surface area contributed by atoms with Gasteiger partial charge in [0, 0.05) is 22.1 Å². The van der Waals surface area contributed by atoms with E-state index in [0.717, 1.165) is 48.9 Å². The molecule has 0 aliphatic heterocycles. The molecule has 1 saturated carbocycles. The minimum atomic E-state index is -0.256. The average Bonchev–Trinajstić information content (AvgIpc) is 3.44. The van der Waals surface area contributed by atoms with Gasteiger partial charge in [-0.15, -0.1) is 10.2 Å². The Balaban J connectivity index is 1.49. The highest BCUT2D eigenvalue weighted by atomic mass is 32.2. The van der Waals surface area contributed by atoms with Gasteiger partial charge in [-0.25, -0.2) is 4.57 Å². The van der Waals surface area contributed by atoms with Gasteiger partial charge in [0.15, 0.2) is 10.9 Å². The lowest BCUT2D eigenvalue weighted by molar-refractivity contribution is 0.102. The molecule has 206 valence electrons. The Morgan fingerprint density at radius 1 is 0.927 bits per heavy atom. The maximum atomic E-state index is 14.7. The van der Waals surface area contributed by atoms with Crippen LogP contribution in [0.25, 0.3) is 22.7 Å². The number of carbonyl (C=O) groups excluding carboxylic acids is 1. The summed E-state index contributed by atoms with van der Waals surface area (Å²) in [6.45, 7) is 0. The van der Waals surface area contributed by atoms with E-state index in [4.69, 9.17) is 4.74 Å². The van der Waals surface area contributed by atoms with Crippen LogP contribution in [-0.2, 0) is 11.8 Å². The van der Waals surface area contributed by atoms with E-state index in [1.54, 1.807) is 11.7 Å². The van der Waals surface area contributed by atoms with E-state index >= 15 is 0 Å². The SMILES string of the molecule is COc1ccc(-n2c(=O)c3c(n4c(SCC(=O)c5ccccc5)nnc24)-c2ccccc2CC32CCCCC2)cc1. The number of ether oxygens (including phenoxy) is 1. The Morgan fingerprint density at radius 3 is 2.41 bits per heavy atom. The summed E-state index contributed by atoms with van der Waals surface area (Å²) >= 11 is 1.36. The number of benzene rings is 3. The first-order chi connectivity index (χ1) is 20.1. The number of Topliss-reactive ketones (excluding diaryl/α,β-unsaturated/α-hetero) is 1. The number of rotatable bonds is 6. The fraction of sp³-hybridized carbons (Fsp3) is 0.273. The minimum Gasteiger partial charge on any atom is -0.497 e. The number of ketones is 1. The van der Waals surface area contributed by atoms with Crippen molar-refractivity contribution < 1.29 is 9.53 Å². The minimum absolute atomic E-state index is 0.0221. The molecule has 2 aliphatic carbocycles. The van der Waals surface area contributed by atoms with Crippen molar-refractivity contribution in [3.63, 3.8) is 0 Å². The molecular weight excluding hydrogens is 532 g/mol. The van der Waals surface area contributed by atoms with Gasteiger partial charge in [-0.3, -0.25) is 14.0 Å². The molecule has 7 nitrogen and oxygen atoms in total. The van der Waals surface area contributed by atoms with Gasteiger partial charge < -0.3 is 4.74 Å². The summed E-state index contributed by atoms with van der Waals surface area (Å²) < 4.78 is 9.10. The smallest absolute Gasteiger partial charge is 0.263 e. The van der Waals surface area contributed by atoms with E-state index < -0.39 is 0 Å². The van der Waals surface area contributed by atoms with Gasteiger partial charge in [-0.1, -0.05) is 85.6 Å². The number of carbonyl (C=O) groups is 1.